The van der Waals surface area contributed by atoms with Crippen LogP contribution in [0.1, 0.15) is 17.5 Å². The summed E-state index contributed by atoms with van der Waals surface area (Å²) in [6.07, 6.45) is 1.27. The van der Waals surface area contributed by atoms with Gasteiger partial charge >= 0.3 is 6.03 Å². The molecule has 0 radical (unpaired) electrons. The molecular weight excluding hydrogens is 276 g/mol. The maximum atomic E-state index is 11.6. The predicted molar refractivity (Wildman–Crippen MR) is 78.5 cm³/mol. The van der Waals surface area contributed by atoms with E-state index in [-0.39, 0.29) is 23.6 Å². The minimum atomic E-state index is -2.95. The number of carbonyl (C=O) groups is 1. The molecule has 2 N–H and O–H groups in total. The lowest BCUT2D eigenvalue weighted by Crippen LogP contribution is -2.43. The van der Waals surface area contributed by atoms with Crippen molar-refractivity contribution in [2.75, 3.05) is 18.1 Å². The molecule has 110 valence electrons. The van der Waals surface area contributed by atoms with Crippen LogP contribution in [0.15, 0.2) is 24.3 Å². The van der Waals surface area contributed by atoms with Crippen molar-refractivity contribution in [2.24, 2.45) is 0 Å². The average Bonchev–Trinajstić information content (AvgIpc) is 2.71. The second-order valence-electron chi connectivity index (χ2n) is 5.24. The first-order chi connectivity index (χ1) is 9.44. The van der Waals surface area contributed by atoms with Crippen molar-refractivity contribution >= 4 is 15.9 Å². The van der Waals surface area contributed by atoms with Crippen molar-refractivity contribution in [3.63, 3.8) is 0 Å². The van der Waals surface area contributed by atoms with Gasteiger partial charge in [-0.15, -0.1) is 0 Å². The number of nitrogens with one attached hydrogen (secondary N) is 2. The SMILES string of the molecule is Cc1ccc(CCNC(=O)NC2CCS(=O)(=O)C2)cc1. The fourth-order valence-corrected chi connectivity index (χ4v) is 3.89. The van der Waals surface area contributed by atoms with Crippen molar-refractivity contribution in [2.45, 2.75) is 25.8 Å². The fourth-order valence-electron chi connectivity index (χ4n) is 2.22. The Bertz CT molecular complexity index is 567. The summed E-state index contributed by atoms with van der Waals surface area (Å²) in [6, 6.07) is 7.62. The summed E-state index contributed by atoms with van der Waals surface area (Å²) < 4.78 is 22.6. The summed E-state index contributed by atoms with van der Waals surface area (Å²) in [4.78, 5) is 11.6. The lowest BCUT2D eigenvalue weighted by atomic mass is 10.1. The van der Waals surface area contributed by atoms with Gasteiger partial charge < -0.3 is 10.6 Å². The number of urea groups is 1. The minimum absolute atomic E-state index is 0.0540. The summed E-state index contributed by atoms with van der Waals surface area (Å²) in [7, 11) is -2.95. The Morgan fingerprint density at radius 1 is 1.30 bits per heavy atom. The third-order valence-electron chi connectivity index (χ3n) is 3.39. The van der Waals surface area contributed by atoms with Gasteiger partial charge in [0.1, 0.15) is 0 Å². The number of benzene rings is 1. The smallest absolute Gasteiger partial charge is 0.315 e. The number of aryl methyl sites for hydroxylation is 1. The van der Waals surface area contributed by atoms with E-state index in [4.69, 9.17) is 0 Å². The Morgan fingerprint density at radius 2 is 2.00 bits per heavy atom. The fraction of sp³-hybridized carbons (Fsp3) is 0.500. The quantitative estimate of drug-likeness (QED) is 0.871. The van der Waals surface area contributed by atoms with E-state index in [1.165, 1.54) is 11.1 Å². The molecule has 0 saturated carbocycles. The van der Waals surface area contributed by atoms with Crippen LogP contribution in [0.25, 0.3) is 0 Å². The normalized spacial score (nSPS) is 20.6. The summed E-state index contributed by atoms with van der Waals surface area (Å²) >= 11 is 0. The number of hydrogen-bond donors (Lipinski definition) is 2. The molecular formula is C14H20N2O3S. The predicted octanol–water partition coefficient (Wildman–Crippen LogP) is 1.02. The molecule has 1 aliphatic rings. The molecule has 1 fully saturated rings. The van der Waals surface area contributed by atoms with Crippen molar-refractivity contribution < 1.29 is 13.2 Å². The number of sulfone groups is 1. The highest BCUT2D eigenvalue weighted by atomic mass is 32.2. The van der Waals surface area contributed by atoms with Crippen LogP contribution in [0.3, 0.4) is 0 Å². The Balaban J connectivity index is 1.69. The number of hydrogen-bond acceptors (Lipinski definition) is 3. The van der Waals surface area contributed by atoms with E-state index in [0.29, 0.717) is 13.0 Å². The summed E-state index contributed by atoms with van der Waals surface area (Å²) in [5, 5.41) is 5.46. The van der Waals surface area contributed by atoms with Crippen LogP contribution in [-0.2, 0) is 16.3 Å². The second-order valence-corrected chi connectivity index (χ2v) is 7.46. The van der Waals surface area contributed by atoms with E-state index < -0.39 is 9.84 Å². The molecule has 0 bridgehead atoms. The molecule has 0 aromatic heterocycles. The standard InChI is InChI=1S/C14H20N2O3S/c1-11-2-4-12(5-3-11)6-8-15-14(17)16-13-7-9-20(18,19)10-13/h2-5,13H,6-10H2,1H3,(H2,15,16,17). The van der Waals surface area contributed by atoms with Gasteiger partial charge in [-0.05, 0) is 25.3 Å². The first kappa shape index (κ1) is 14.8. The van der Waals surface area contributed by atoms with E-state index in [2.05, 4.69) is 10.6 Å². The maximum Gasteiger partial charge on any atom is 0.315 e. The Hall–Kier alpha value is -1.56. The van der Waals surface area contributed by atoms with Gasteiger partial charge in [0.25, 0.3) is 0 Å². The highest BCUT2D eigenvalue weighted by Gasteiger charge is 2.28. The van der Waals surface area contributed by atoms with E-state index in [0.717, 1.165) is 6.42 Å². The number of rotatable bonds is 4. The molecule has 0 aliphatic carbocycles. The molecule has 2 amide bonds. The summed E-state index contributed by atoms with van der Waals surface area (Å²) in [6.45, 7) is 2.57. The van der Waals surface area contributed by atoms with E-state index in [1.54, 1.807) is 0 Å². The summed E-state index contributed by atoms with van der Waals surface area (Å²) in [5.74, 6) is 0.222. The molecule has 2 rings (SSSR count). The number of carbonyl (C=O) groups excluding carboxylic acids is 1. The molecule has 1 atom stereocenters. The van der Waals surface area contributed by atoms with Crippen LogP contribution >= 0.6 is 0 Å². The van der Waals surface area contributed by atoms with Gasteiger partial charge in [-0.2, -0.15) is 0 Å². The van der Waals surface area contributed by atoms with Gasteiger partial charge in [0.05, 0.1) is 11.5 Å². The highest BCUT2D eigenvalue weighted by Crippen LogP contribution is 2.10. The molecule has 20 heavy (non-hydrogen) atoms. The van der Waals surface area contributed by atoms with E-state index in [9.17, 15) is 13.2 Å². The molecule has 6 heteroatoms. The first-order valence-electron chi connectivity index (χ1n) is 6.75. The van der Waals surface area contributed by atoms with Gasteiger partial charge in [0.15, 0.2) is 9.84 Å². The van der Waals surface area contributed by atoms with Gasteiger partial charge in [-0.25, -0.2) is 13.2 Å². The minimum Gasteiger partial charge on any atom is -0.338 e. The number of amides is 2. The van der Waals surface area contributed by atoms with Crippen molar-refractivity contribution in [1.29, 1.82) is 0 Å². The second kappa shape index (κ2) is 6.26. The first-order valence-corrected chi connectivity index (χ1v) is 8.57. The largest absolute Gasteiger partial charge is 0.338 e. The van der Waals surface area contributed by atoms with Crippen LogP contribution in [0.2, 0.25) is 0 Å². The van der Waals surface area contributed by atoms with Crippen LogP contribution < -0.4 is 10.6 Å². The van der Waals surface area contributed by atoms with Gasteiger partial charge in [0, 0.05) is 12.6 Å². The van der Waals surface area contributed by atoms with Crippen molar-refractivity contribution in [3.8, 4) is 0 Å². The van der Waals surface area contributed by atoms with Crippen molar-refractivity contribution in [1.82, 2.24) is 10.6 Å². The van der Waals surface area contributed by atoms with Gasteiger partial charge in [-0.1, -0.05) is 29.8 Å². The highest BCUT2D eigenvalue weighted by molar-refractivity contribution is 7.91. The molecule has 1 aliphatic heterocycles. The zero-order valence-corrected chi connectivity index (χ0v) is 12.4. The Morgan fingerprint density at radius 3 is 2.60 bits per heavy atom. The monoisotopic (exact) mass is 296 g/mol. The van der Waals surface area contributed by atoms with E-state index in [1.807, 2.05) is 31.2 Å². The molecule has 1 saturated heterocycles. The molecule has 1 unspecified atom stereocenters. The topological polar surface area (TPSA) is 75.3 Å². The zero-order chi connectivity index (χ0) is 14.6. The molecule has 5 nitrogen and oxygen atoms in total. The van der Waals surface area contributed by atoms with Crippen LogP contribution in [0, 0.1) is 6.92 Å². The Kier molecular flexibility index (Phi) is 4.65. The molecule has 0 spiro atoms. The van der Waals surface area contributed by atoms with Crippen molar-refractivity contribution in [3.05, 3.63) is 35.4 Å². The summed E-state index contributed by atoms with van der Waals surface area (Å²) in [5.41, 5.74) is 2.38. The zero-order valence-electron chi connectivity index (χ0n) is 11.6. The third-order valence-corrected chi connectivity index (χ3v) is 5.16. The lowest BCUT2D eigenvalue weighted by Gasteiger charge is -2.12. The van der Waals surface area contributed by atoms with Gasteiger partial charge in [-0.3, -0.25) is 0 Å². The van der Waals surface area contributed by atoms with Crippen LogP contribution in [0.4, 0.5) is 4.79 Å². The van der Waals surface area contributed by atoms with Gasteiger partial charge in [0.2, 0.25) is 0 Å². The maximum absolute atomic E-state index is 11.6. The van der Waals surface area contributed by atoms with Crippen LogP contribution in [-0.4, -0.2) is 38.5 Å². The van der Waals surface area contributed by atoms with E-state index >= 15 is 0 Å². The average molecular weight is 296 g/mol. The van der Waals surface area contributed by atoms with Crippen LogP contribution in [0.5, 0.6) is 0 Å². The lowest BCUT2D eigenvalue weighted by molar-refractivity contribution is 0.238. The Labute approximate surface area is 119 Å². The molecule has 1 aromatic carbocycles. The third kappa shape index (κ3) is 4.52. The molecule has 1 aromatic rings. The molecule has 1 heterocycles.